The topological polar surface area (TPSA) is 26.3 Å². The van der Waals surface area contributed by atoms with Crippen LogP contribution in [0.5, 0.6) is 0 Å². The zero-order valence-electron chi connectivity index (χ0n) is 9.24. The molecular weight excluding hydrogens is 288 g/mol. The van der Waals surface area contributed by atoms with Gasteiger partial charge in [0.1, 0.15) is 0 Å². The lowest BCUT2D eigenvalue weighted by atomic mass is 10.2. The smallest absolute Gasteiger partial charge is 0.172 e. The summed E-state index contributed by atoms with van der Waals surface area (Å²) in [5.74, 6) is 1.69. The number of hydrogen-bond acceptors (Lipinski definition) is 3. The fourth-order valence-electron chi connectivity index (χ4n) is 1.22. The van der Waals surface area contributed by atoms with Crippen molar-refractivity contribution in [1.82, 2.24) is 0 Å². The molecule has 0 bridgehead atoms. The molecule has 0 N–H and O–H groups in total. The van der Waals surface area contributed by atoms with Gasteiger partial charge in [0.2, 0.25) is 0 Å². The number of ether oxygens (including phenoxy) is 1. The molecule has 0 saturated heterocycles. The molecule has 88 valence electrons. The van der Waals surface area contributed by atoms with Gasteiger partial charge in [-0.3, -0.25) is 4.79 Å². The molecule has 0 atom stereocenters. The van der Waals surface area contributed by atoms with Gasteiger partial charge >= 0.3 is 0 Å². The first-order valence-electron chi connectivity index (χ1n) is 5.09. The summed E-state index contributed by atoms with van der Waals surface area (Å²) in [6.07, 6.45) is 0.993. The van der Waals surface area contributed by atoms with E-state index in [2.05, 4.69) is 15.9 Å². The quantitative estimate of drug-likeness (QED) is 0.570. The molecule has 0 unspecified atom stereocenters. The fraction of sp³-hybridized carbons (Fsp3) is 0.417. The van der Waals surface area contributed by atoms with Gasteiger partial charge in [0, 0.05) is 23.8 Å². The zero-order valence-corrected chi connectivity index (χ0v) is 11.6. The lowest BCUT2D eigenvalue weighted by molar-refractivity contribution is 0.102. The number of thioether (sulfide) groups is 1. The van der Waals surface area contributed by atoms with Crippen LogP contribution in [0.1, 0.15) is 16.8 Å². The minimum Gasteiger partial charge on any atom is -0.385 e. The van der Waals surface area contributed by atoms with Gasteiger partial charge in [-0.25, -0.2) is 0 Å². The molecule has 0 aromatic heterocycles. The first kappa shape index (κ1) is 13.7. The van der Waals surface area contributed by atoms with Gasteiger partial charge < -0.3 is 4.74 Å². The van der Waals surface area contributed by atoms with Crippen LogP contribution in [-0.2, 0) is 4.74 Å². The van der Waals surface area contributed by atoms with Crippen LogP contribution in [0.25, 0.3) is 0 Å². The summed E-state index contributed by atoms with van der Waals surface area (Å²) >= 11 is 5.01. The fourth-order valence-corrected chi connectivity index (χ4v) is 2.43. The van der Waals surface area contributed by atoms with E-state index in [4.69, 9.17) is 4.74 Å². The molecule has 1 aromatic rings. The number of methoxy groups -OCH3 is 1. The molecule has 0 saturated carbocycles. The Balaban J connectivity index is 2.30. The SMILES string of the molecule is COCCCSCC(=O)c1cccc(Br)c1. The molecule has 0 aliphatic carbocycles. The van der Waals surface area contributed by atoms with E-state index >= 15 is 0 Å². The Hall–Kier alpha value is -0.320. The minimum atomic E-state index is 0.184. The maximum Gasteiger partial charge on any atom is 0.172 e. The first-order valence-corrected chi connectivity index (χ1v) is 7.04. The average Bonchev–Trinajstić information content (AvgIpc) is 2.28. The highest BCUT2D eigenvalue weighted by molar-refractivity contribution is 9.10. The molecule has 1 aromatic carbocycles. The van der Waals surface area contributed by atoms with Crippen molar-refractivity contribution in [3.05, 3.63) is 34.3 Å². The van der Waals surface area contributed by atoms with Gasteiger partial charge in [-0.15, -0.1) is 0 Å². The third kappa shape index (κ3) is 5.14. The Labute approximate surface area is 109 Å². The third-order valence-electron chi connectivity index (χ3n) is 2.02. The van der Waals surface area contributed by atoms with E-state index < -0.39 is 0 Å². The van der Waals surface area contributed by atoms with Crippen LogP contribution in [0.3, 0.4) is 0 Å². The minimum absolute atomic E-state index is 0.184. The van der Waals surface area contributed by atoms with E-state index in [0.29, 0.717) is 5.75 Å². The number of Topliss-reactive ketones (excluding diaryl/α,β-unsaturated/α-hetero) is 1. The Morgan fingerprint density at radius 2 is 2.31 bits per heavy atom. The molecule has 0 amide bonds. The normalized spacial score (nSPS) is 10.4. The summed E-state index contributed by atoms with van der Waals surface area (Å²) in [6.45, 7) is 0.762. The number of rotatable bonds is 7. The van der Waals surface area contributed by atoms with Gasteiger partial charge in [-0.1, -0.05) is 28.1 Å². The Morgan fingerprint density at radius 3 is 3.00 bits per heavy atom. The van der Waals surface area contributed by atoms with Gasteiger partial charge in [0.15, 0.2) is 5.78 Å². The van der Waals surface area contributed by atoms with Crippen LogP contribution >= 0.6 is 27.7 Å². The molecule has 2 nitrogen and oxygen atoms in total. The lowest BCUT2D eigenvalue weighted by Crippen LogP contribution is -2.03. The first-order chi connectivity index (χ1) is 7.74. The molecule has 0 spiro atoms. The van der Waals surface area contributed by atoms with Crippen molar-refractivity contribution >= 4 is 33.5 Å². The molecular formula is C12H15BrO2S. The van der Waals surface area contributed by atoms with Crippen LogP contribution in [0.4, 0.5) is 0 Å². The number of carbonyl (C=O) groups is 1. The molecule has 0 fully saturated rings. The van der Waals surface area contributed by atoms with Gasteiger partial charge in [-0.05, 0) is 24.3 Å². The van der Waals surface area contributed by atoms with E-state index in [0.717, 1.165) is 28.8 Å². The van der Waals surface area contributed by atoms with Gasteiger partial charge in [0.05, 0.1) is 5.75 Å². The zero-order chi connectivity index (χ0) is 11.8. The van der Waals surface area contributed by atoms with Crippen molar-refractivity contribution < 1.29 is 9.53 Å². The molecule has 0 aliphatic rings. The molecule has 0 aliphatic heterocycles. The summed E-state index contributed by atoms with van der Waals surface area (Å²) < 4.78 is 5.89. The average molecular weight is 303 g/mol. The monoisotopic (exact) mass is 302 g/mol. The number of ketones is 1. The summed E-state index contributed by atoms with van der Waals surface area (Å²) in [4.78, 5) is 11.8. The highest BCUT2D eigenvalue weighted by atomic mass is 79.9. The van der Waals surface area contributed by atoms with Crippen molar-refractivity contribution in [2.45, 2.75) is 6.42 Å². The second kappa shape index (κ2) is 7.87. The molecule has 0 radical (unpaired) electrons. The standard InChI is InChI=1S/C12H15BrO2S/c1-15-6-3-7-16-9-12(14)10-4-2-5-11(13)8-10/h2,4-5,8H,3,6-7,9H2,1H3. The Morgan fingerprint density at radius 1 is 1.50 bits per heavy atom. The van der Waals surface area contributed by atoms with Crippen molar-refractivity contribution in [1.29, 1.82) is 0 Å². The summed E-state index contributed by atoms with van der Waals surface area (Å²) in [7, 11) is 1.69. The third-order valence-corrected chi connectivity index (χ3v) is 3.55. The van der Waals surface area contributed by atoms with E-state index in [9.17, 15) is 4.79 Å². The maximum atomic E-state index is 11.8. The number of carbonyl (C=O) groups excluding carboxylic acids is 1. The number of benzene rings is 1. The maximum absolute atomic E-state index is 11.8. The van der Waals surface area contributed by atoms with Gasteiger partial charge in [-0.2, -0.15) is 11.8 Å². The van der Waals surface area contributed by atoms with Crippen molar-refractivity contribution in [2.75, 3.05) is 25.2 Å². The second-order valence-electron chi connectivity index (χ2n) is 3.33. The van der Waals surface area contributed by atoms with Crippen LogP contribution in [0, 0.1) is 0 Å². The van der Waals surface area contributed by atoms with E-state index in [-0.39, 0.29) is 5.78 Å². The predicted octanol–water partition coefficient (Wildman–Crippen LogP) is 3.40. The van der Waals surface area contributed by atoms with Crippen molar-refractivity contribution in [2.24, 2.45) is 0 Å². The van der Waals surface area contributed by atoms with E-state index in [1.54, 1.807) is 18.9 Å². The van der Waals surface area contributed by atoms with E-state index in [1.807, 2.05) is 24.3 Å². The van der Waals surface area contributed by atoms with Crippen molar-refractivity contribution in [3.8, 4) is 0 Å². The molecule has 1 rings (SSSR count). The summed E-state index contributed by atoms with van der Waals surface area (Å²) in [5.41, 5.74) is 0.772. The molecule has 4 heteroatoms. The van der Waals surface area contributed by atoms with Crippen molar-refractivity contribution in [3.63, 3.8) is 0 Å². The number of halogens is 1. The molecule has 0 heterocycles. The highest BCUT2D eigenvalue weighted by Crippen LogP contribution is 2.14. The molecule has 16 heavy (non-hydrogen) atoms. The van der Waals surface area contributed by atoms with E-state index in [1.165, 1.54) is 0 Å². The highest BCUT2D eigenvalue weighted by Gasteiger charge is 2.05. The lowest BCUT2D eigenvalue weighted by Gasteiger charge is -2.02. The van der Waals surface area contributed by atoms with Crippen LogP contribution < -0.4 is 0 Å². The summed E-state index contributed by atoms with van der Waals surface area (Å²) in [6, 6.07) is 7.51. The predicted molar refractivity (Wildman–Crippen MR) is 72.3 cm³/mol. The Kier molecular flexibility index (Phi) is 6.76. The van der Waals surface area contributed by atoms with Crippen LogP contribution in [0.15, 0.2) is 28.7 Å². The number of hydrogen-bond donors (Lipinski definition) is 0. The Bertz CT molecular complexity index is 342. The van der Waals surface area contributed by atoms with Gasteiger partial charge in [0.25, 0.3) is 0 Å². The van der Waals surface area contributed by atoms with Crippen LogP contribution in [-0.4, -0.2) is 31.0 Å². The van der Waals surface area contributed by atoms with Crippen LogP contribution in [0.2, 0.25) is 0 Å². The summed E-state index contributed by atoms with van der Waals surface area (Å²) in [5, 5.41) is 0. The second-order valence-corrected chi connectivity index (χ2v) is 5.35. The largest absolute Gasteiger partial charge is 0.385 e.